The molecule has 0 bridgehead atoms. The van der Waals surface area contributed by atoms with E-state index in [1.165, 1.54) is 38.5 Å². The highest BCUT2D eigenvalue weighted by atomic mass is 15.2. The van der Waals surface area contributed by atoms with Gasteiger partial charge < -0.3 is 0 Å². The molecule has 69 valence electrons. The molecule has 2 fully saturated rings. The second kappa shape index (κ2) is 4.24. The molecule has 1 heterocycles. The Morgan fingerprint density at radius 1 is 1.00 bits per heavy atom. The molecule has 1 radical (unpaired) electrons. The molecule has 1 N–H and O–H groups in total. The van der Waals surface area contributed by atoms with E-state index in [-0.39, 0.29) is 0 Å². The van der Waals surface area contributed by atoms with E-state index < -0.39 is 0 Å². The first-order chi connectivity index (χ1) is 5.97. The summed E-state index contributed by atoms with van der Waals surface area (Å²) in [5.41, 5.74) is 0. The van der Waals surface area contributed by atoms with Crippen LogP contribution < -0.4 is 10.6 Å². The fourth-order valence-corrected chi connectivity index (χ4v) is 2.42. The Morgan fingerprint density at radius 2 is 1.75 bits per heavy atom. The summed E-state index contributed by atoms with van der Waals surface area (Å²) >= 11 is 0. The third-order valence-corrected chi connectivity index (χ3v) is 3.14. The van der Waals surface area contributed by atoms with Crippen LogP contribution in [0, 0.1) is 5.92 Å². The van der Waals surface area contributed by atoms with Gasteiger partial charge in [0.15, 0.2) is 0 Å². The van der Waals surface area contributed by atoms with E-state index in [4.69, 9.17) is 0 Å². The number of hydrogen-bond donors (Lipinski definition) is 1. The lowest BCUT2D eigenvalue weighted by molar-refractivity contribution is 0.322. The summed E-state index contributed by atoms with van der Waals surface area (Å²) in [7, 11) is 0. The zero-order valence-electron chi connectivity index (χ0n) is 7.76. The molecule has 1 aliphatic heterocycles. The second-order valence-electron chi connectivity index (χ2n) is 4.06. The summed E-state index contributed by atoms with van der Waals surface area (Å²) in [5, 5.41) is 8.08. The number of nitrogens with one attached hydrogen (secondary N) is 1. The van der Waals surface area contributed by atoms with Gasteiger partial charge in [-0.3, -0.25) is 5.32 Å². The third kappa shape index (κ3) is 1.99. The van der Waals surface area contributed by atoms with Crippen molar-refractivity contribution in [2.75, 3.05) is 13.1 Å². The maximum absolute atomic E-state index is 4.59. The summed E-state index contributed by atoms with van der Waals surface area (Å²) < 4.78 is 0. The molecule has 2 heteroatoms. The van der Waals surface area contributed by atoms with Crippen LogP contribution in [-0.4, -0.2) is 19.3 Å². The lowest BCUT2D eigenvalue weighted by Gasteiger charge is -2.20. The predicted molar refractivity (Wildman–Crippen MR) is 50.0 cm³/mol. The van der Waals surface area contributed by atoms with Crippen molar-refractivity contribution in [3.63, 3.8) is 0 Å². The highest BCUT2D eigenvalue weighted by molar-refractivity contribution is 4.80. The maximum Gasteiger partial charge on any atom is 0.0765 e. The van der Waals surface area contributed by atoms with Crippen LogP contribution in [0.3, 0.4) is 0 Å². The molecule has 2 aliphatic rings. The van der Waals surface area contributed by atoms with E-state index in [2.05, 4.69) is 10.6 Å². The summed E-state index contributed by atoms with van der Waals surface area (Å²) in [6, 6.07) is 0. The second-order valence-corrected chi connectivity index (χ2v) is 4.06. The molecule has 0 aromatic carbocycles. The standard InChI is InChI=1S/C10H19N2/c1-2-4-6-9(5-3-1)10-11-7-8-12-10/h9-11H,1-8H2. The summed E-state index contributed by atoms with van der Waals surface area (Å²) in [6.45, 7) is 2.16. The predicted octanol–water partition coefficient (Wildman–Crippen LogP) is 1.49. The van der Waals surface area contributed by atoms with E-state index in [9.17, 15) is 0 Å². The van der Waals surface area contributed by atoms with E-state index in [0.717, 1.165) is 19.0 Å². The topological polar surface area (TPSA) is 26.1 Å². The van der Waals surface area contributed by atoms with Crippen molar-refractivity contribution in [1.29, 1.82) is 0 Å². The van der Waals surface area contributed by atoms with Crippen LogP contribution in [0.2, 0.25) is 0 Å². The molecule has 0 aromatic heterocycles. The van der Waals surface area contributed by atoms with E-state index >= 15 is 0 Å². The van der Waals surface area contributed by atoms with Crippen LogP contribution >= 0.6 is 0 Å². The molecule has 1 unspecified atom stereocenters. The zero-order chi connectivity index (χ0) is 8.23. The van der Waals surface area contributed by atoms with Gasteiger partial charge in [0.05, 0.1) is 6.17 Å². The lowest BCUT2D eigenvalue weighted by Crippen LogP contribution is -2.35. The largest absolute Gasteiger partial charge is 0.299 e. The molecular formula is C10H19N2. The van der Waals surface area contributed by atoms with Crippen molar-refractivity contribution in [3.8, 4) is 0 Å². The van der Waals surface area contributed by atoms with Gasteiger partial charge in [-0.2, -0.15) is 0 Å². The molecule has 12 heavy (non-hydrogen) atoms. The third-order valence-electron chi connectivity index (χ3n) is 3.14. The van der Waals surface area contributed by atoms with Crippen LogP contribution in [0.25, 0.3) is 0 Å². The Morgan fingerprint density at radius 3 is 2.33 bits per heavy atom. The Hall–Kier alpha value is -0.0800. The van der Waals surface area contributed by atoms with E-state index in [0.29, 0.717) is 6.17 Å². The quantitative estimate of drug-likeness (QED) is 0.588. The highest BCUT2D eigenvalue weighted by Crippen LogP contribution is 2.25. The Kier molecular flexibility index (Phi) is 3.01. The molecule has 0 aromatic rings. The zero-order valence-corrected chi connectivity index (χ0v) is 7.76. The highest BCUT2D eigenvalue weighted by Gasteiger charge is 2.25. The number of hydrogen-bond acceptors (Lipinski definition) is 1. The van der Waals surface area contributed by atoms with Gasteiger partial charge in [0.25, 0.3) is 0 Å². The van der Waals surface area contributed by atoms with Crippen LogP contribution in [0.4, 0.5) is 0 Å². The van der Waals surface area contributed by atoms with Crippen molar-refractivity contribution in [2.45, 2.75) is 44.7 Å². The van der Waals surface area contributed by atoms with Gasteiger partial charge in [-0.1, -0.05) is 25.7 Å². The normalized spacial score (nSPS) is 29.0. The Balaban J connectivity index is 1.83. The minimum absolute atomic E-state index is 0.517. The summed E-state index contributed by atoms with van der Waals surface area (Å²) in [5.74, 6) is 0.856. The van der Waals surface area contributed by atoms with Crippen molar-refractivity contribution in [2.24, 2.45) is 5.92 Å². The molecule has 2 rings (SSSR count). The fraction of sp³-hybridized carbons (Fsp3) is 1.00. The summed E-state index contributed by atoms with van der Waals surface area (Å²) in [6.07, 6.45) is 9.08. The van der Waals surface area contributed by atoms with Crippen molar-refractivity contribution in [1.82, 2.24) is 10.6 Å². The molecule has 1 aliphatic carbocycles. The number of nitrogens with zero attached hydrogens (tertiary/aromatic N) is 1. The molecule has 1 atom stereocenters. The maximum atomic E-state index is 4.59. The van der Waals surface area contributed by atoms with Gasteiger partial charge in [0, 0.05) is 13.1 Å². The van der Waals surface area contributed by atoms with Crippen molar-refractivity contribution in [3.05, 3.63) is 0 Å². The molecule has 1 saturated carbocycles. The van der Waals surface area contributed by atoms with Gasteiger partial charge in [-0.15, -0.1) is 0 Å². The van der Waals surface area contributed by atoms with Gasteiger partial charge in [-0.05, 0) is 18.8 Å². The average molecular weight is 167 g/mol. The average Bonchev–Trinajstić information content (AvgIpc) is 2.48. The first-order valence-electron chi connectivity index (χ1n) is 5.37. The Labute approximate surface area is 75.1 Å². The first-order valence-corrected chi connectivity index (χ1v) is 5.37. The minimum atomic E-state index is 0.517. The molecule has 2 nitrogen and oxygen atoms in total. The lowest BCUT2D eigenvalue weighted by atomic mass is 9.97. The fourth-order valence-electron chi connectivity index (χ4n) is 2.42. The van der Waals surface area contributed by atoms with Crippen molar-refractivity contribution < 1.29 is 0 Å². The Bertz CT molecular complexity index is 122. The molecule has 1 saturated heterocycles. The smallest absolute Gasteiger partial charge is 0.0765 e. The van der Waals surface area contributed by atoms with Gasteiger partial charge >= 0.3 is 0 Å². The SMILES string of the molecule is C1CCCC(C2[N]CCN2)CC1. The van der Waals surface area contributed by atoms with Crippen LogP contribution in [0.5, 0.6) is 0 Å². The molecule has 0 spiro atoms. The van der Waals surface area contributed by atoms with Crippen LogP contribution in [0.1, 0.15) is 38.5 Å². The van der Waals surface area contributed by atoms with Gasteiger partial charge in [0.1, 0.15) is 0 Å². The van der Waals surface area contributed by atoms with Gasteiger partial charge in [-0.25, -0.2) is 5.32 Å². The number of rotatable bonds is 1. The van der Waals surface area contributed by atoms with Crippen molar-refractivity contribution >= 4 is 0 Å². The van der Waals surface area contributed by atoms with E-state index in [1.54, 1.807) is 0 Å². The summed E-state index contributed by atoms with van der Waals surface area (Å²) in [4.78, 5) is 0. The minimum Gasteiger partial charge on any atom is -0.299 e. The van der Waals surface area contributed by atoms with Crippen LogP contribution in [0.15, 0.2) is 0 Å². The van der Waals surface area contributed by atoms with E-state index in [1.807, 2.05) is 0 Å². The monoisotopic (exact) mass is 167 g/mol. The molecular weight excluding hydrogens is 148 g/mol. The van der Waals surface area contributed by atoms with Crippen LogP contribution in [-0.2, 0) is 0 Å². The van der Waals surface area contributed by atoms with Gasteiger partial charge in [0.2, 0.25) is 0 Å². The molecule has 0 amide bonds. The first kappa shape index (κ1) is 8.52.